The van der Waals surface area contributed by atoms with Gasteiger partial charge in [0.15, 0.2) is 0 Å². The summed E-state index contributed by atoms with van der Waals surface area (Å²) in [6.45, 7) is 9.64. The average molecular weight is 346 g/mol. The maximum absolute atomic E-state index is 13.2. The molecule has 0 amide bonds. The van der Waals surface area contributed by atoms with E-state index >= 15 is 0 Å². The SMILES string of the molecule is CCC(C)(COCC(C)(CC)c1ccc(F)cc1)c1ccc(F)cc1. The summed E-state index contributed by atoms with van der Waals surface area (Å²) < 4.78 is 32.5. The van der Waals surface area contributed by atoms with E-state index in [9.17, 15) is 8.78 Å². The second kappa shape index (κ2) is 8.09. The van der Waals surface area contributed by atoms with Crippen LogP contribution in [0.4, 0.5) is 8.78 Å². The number of hydrogen-bond acceptors (Lipinski definition) is 1. The average Bonchev–Trinajstić information content (AvgIpc) is 2.62. The molecule has 0 saturated heterocycles. The molecule has 0 aliphatic carbocycles. The van der Waals surface area contributed by atoms with Gasteiger partial charge in [-0.25, -0.2) is 8.78 Å². The Morgan fingerprint density at radius 2 is 1.00 bits per heavy atom. The summed E-state index contributed by atoms with van der Waals surface area (Å²) in [5.74, 6) is -0.448. The molecule has 2 atom stereocenters. The van der Waals surface area contributed by atoms with Gasteiger partial charge in [-0.05, 0) is 48.2 Å². The quantitative estimate of drug-likeness (QED) is 0.568. The van der Waals surface area contributed by atoms with Gasteiger partial charge in [0.05, 0.1) is 13.2 Å². The largest absolute Gasteiger partial charge is 0.380 e. The van der Waals surface area contributed by atoms with E-state index in [0.29, 0.717) is 13.2 Å². The van der Waals surface area contributed by atoms with Crippen LogP contribution in [0.25, 0.3) is 0 Å². The van der Waals surface area contributed by atoms with Crippen LogP contribution in [-0.2, 0) is 15.6 Å². The molecule has 0 radical (unpaired) electrons. The van der Waals surface area contributed by atoms with Crippen LogP contribution in [-0.4, -0.2) is 13.2 Å². The van der Waals surface area contributed by atoms with Crippen LogP contribution >= 0.6 is 0 Å². The Labute approximate surface area is 150 Å². The molecule has 0 bridgehead atoms. The fraction of sp³-hybridized carbons (Fsp3) is 0.455. The van der Waals surface area contributed by atoms with Crippen molar-refractivity contribution < 1.29 is 13.5 Å². The molecule has 1 nitrogen and oxygen atoms in total. The lowest BCUT2D eigenvalue weighted by molar-refractivity contribution is 0.0510. The molecular weight excluding hydrogens is 318 g/mol. The molecule has 136 valence electrons. The molecule has 0 heterocycles. The fourth-order valence-electron chi connectivity index (χ4n) is 2.99. The molecule has 3 heteroatoms. The van der Waals surface area contributed by atoms with Crippen LogP contribution in [0.3, 0.4) is 0 Å². The van der Waals surface area contributed by atoms with E-state index in [1.54, 1.807) is 0 Å². The van der Waals surface area contributed by atoms with Gasteiger partial charge in [0.1, 0.15) is 11.6 Å². The molecule has 0 fully saturated rings. The lowest BCUT2D eigenvalue weighted by Crippen LogP contribution is -2.33. The Balaban J connectivity index is 2.07. The molecule has 2 aromatic carbocycles. The van der Waals surface area contributed by atoms with Crippen molar-refractivity contribution in [1.29, 1.82) is 0 Å². The third-order valence-electron chi connectivity index (χ3n) is 5.48. The number of benzene rings is 2. The first kappa shape index (κ1) is 19.6. The zero-order chi connectivity index (χ0) is 18.5. The van der Waals surface area contributed by atoms with Crippen molar-refractivity contribution in [2.24, 2.45) is 0 Å². The zero-order valence-corrected chi connectivity index (χ0v) is 15.6. The summed E-state index contributed by atoms with van der Waals surface area (Å²) in [5.41, 5.74) is 1.84. The number of hydrogen-bond donors (Lipinski definition) is 0. The maximum Gasteiger partial charge on any atom is 0.123 e. The predicted molar refractivity (Wildman–Crippen MR) is 98.9 cm³/mol. The van der Waals surface area contributed by atoms with Crippen molar-refractivity contribution in [2.75, 3.05) is 13.2 Å². The Kier molecular flexibility index (Phi) is 6.34. The second-order valence-corrected chi connectivity index (χ2v) is 7.34. The predicted octanol–water partition coefficient (Wildman–Crippen LogP) is 6.02. The Morgan fingerprint density at radius 3 is 1.28 bits per heavy atom. The number of rotatable bonds is 8. The smallest absolute Gasteiger partial charge is 0.123 e. The first-order valence-corrected chi connectivity index (χ1v) is 8.93. The minimum Gasteiger partial charge on any atom is -0.380 e. The van der Waals surface area contributed by atoms with E-state index in [-0.39, 0.29) is 22.5 Å². The standard InChI is InChI=1S/C22H28F2O/c1-5-21(3,17-7-11-19(23)12-8-17)15-25-16-22(4,6-2)18-9-13-20(24)14-10-18/h7-14H,5-6,15-16H2,1-4H3. The van der Waals surface area contributed by atoms with E-state index < -0.39 is 0 Å². The van der Waals surface area contributed by atoms with E-state index in [2.05, 4.69) is 27.7 Å². The van der Waals surface area contributed by atoms with Gasteiger partial charge >= 0.3 is 0 Å². The van der Waals surface area contributed by atoms with Gasteiger partial charge in [-0.3, -0.25) is 0 Å². The Bertz CT molecular complexity index is 606. The lowest BCUT2D eigenvalue weighted by atomic mass is 9.79. The molecule has 2 aromatic rings. The Morgan fingerprint density at radius 1 is 0.680 bits per heavy atom. The Hall–Kier alpha value is -1.74. The van der Waals surface area contributed by atoms with Crippen LogP contribution in [0.15, 0.2) is 48.5 Å². The van der Waals surface area contributed by atoms with E-state index in [4.69, 9.17) is 4.74 Å². The van der Waals surface area contributed by atoms with Gasteiger partial charge in [0, 0.05) is 10.8 Å². The minimum absolute atomic E-state index is 0.162. The normalized spacial score (nSPS) is 16.2. The third-order valence-corrected chi connectivity index (χ3v) is 5.48. The van der Waals surface area contributed by atoms with E-state index in [1.807, 2.05) is 24.3 Å². The van der Waals surface area contributed by atoms with Gasteiger partial charge in [-0.2, -0.15) is 0 Å². The summed E-state index contributed by atoms with van der Waals surface area (Å²) in [5, 5.41) is 0. The molecule has 0 aliphatic heterocycles. The first-order chi connectivity index (χ1) is 11.8. The molecule has 0 saturated carbocycles. The highest BCUT2D eigenvalue weighted by molar-refractivity contribution is 5.26. The topological polar surface area (TPSA) is 9.23 Å². The number of halogens is 2. The lowest BCUT2D eigenvalue weighted by Gasteiger charge is -2.33. The van der Waals surface area contributed by atoms with E-state index in [1.165, 1.54) is 24.3 Å². The highest BCUT2D eigenvalue weighted by Crippen LogP contribution is 2.31. The maximum atomic E-state index is 13.2. The van der Waals surface area contributed by atoms with Crippen molar-refractivity contribution in [3.05, 3.63) is 71.3 Å². The summed E-state index contributed by atoms with van der Waals surface area (Å²) in [6, 6.07) is 13.3. The monoisotopic (exact) mass is 346 g/mol. The molecule has 0 spiro atoms. The molecule has 0 aliphatic rings. The molecule has 2 unspecified atom stereocenters. The highest BCUT2D eigenvalue weighted by Gasteiger charge is 2.29. The minimum atomic E-state index is -0.224. The van der Waals surface area contributed by atoms with Crippen molar-refractivity contribution in [2.45, 2.75) is 51.4 Å². The zero-order valence-electron chi connectivity index (χ0n) is 15.6. The van der Waals surface area contributed by atoms with Crippen molar-refractivity contribution in [1.82, 2.24) is 0 Å². The van der Waals surface area contributed by atoms with Gasteiger partial charge < -0.3 is 4.74 Å². The van der Waals surface area contributed by atoms with Crippen LogP contribution in [0.5, 0.6) is 0 Å². The molecular formula is C22H28F2O. The van der Waals surface area contributed by atoms with Crippen molar-refractivity contribution in [3.8, 4) is 0 Å². The van der Waals surface area contributed by atoms with Gasteiger partial charge in [-0.1, -0.05) is 52.0 Å². The van der Waals surface area contributed by atoms with Crippen LogP contribution in [0.2, 0.25) is 0 Å². The summed E-state index contributed by atoms with van der Waals surface area (Å²) >= 11 is 0. The van der Waals surface area contributed by atoms with Gasteiger partial charge in [-0.15, -0.1) is 0 Å². The van der Waals surface area contributed by atoms with Crippen LogP contribution in [0, 0.1) is 11.6 Å². The summed E-state index contributed by atoms with van der Waals surface area (Å²) in [7, 11) is 0. The summed E-state index contributed by atoms with van der Waals surface area (Å²) in [4.78, 5) is 0. The van der Waals surface area contributed by atoms with Crippen molar-refractivity contribution >= 4 is 0 Å². The molecule has 0 aromatic heterocycles. The van der Waals surface area contributed by atoms with Gasteiger partial charge in [0.25, 0.3) is 0 Å². The first-order valence-electron chi connectivity index (χ1n) is 8.93. The summed E-state index contributed by atoms with van der Waals surface area (Å²) in [6.07, 6.45) is 1.80. The van der Waals surface area contributed by atoms with Crippen LogP contribution < -0.4 is 0 Å². The van der Waals surface area contributed by atoms with E-state index in [0.717, 1.165) is 24.0 Å². The third kappa shape index (κ3) is 4.66. The van der Waals surface area contributed by atoms with Crippen molar-refractivity contribution in [3.63, 3.8) is 0 Å². The second-order valence-electron chi connectivity index (χ2n) is 7.34. The highest BCUT2D eigenvalue weighted by atomic mass is 19.1. The number of ether oxygens (including phenoxy) is 1. The molecule has 25 heavy (non-hydrogen) atoms. The van der Waals surface area contributed by atoms with Crippen LogP contribution in [0.1, 0.15) is 51.7 Å². The van der Waals surface area contributed by atoms with Gasteiger partial charge in [0.2, 0.25) is 0 Å². The molecule has 2 rings (SSSR count). The molecule has 0 N–H and O–H groups in total. The fourth-order valence-corrected chi connectivity index (χ4v) is 2.99.